The van der Waals surface area contributed by atoms with Gasteiger partial charge in [-0.15, -0.1) is 0 Å². The molecule has 0 N–H and O–H groups in total. The molecule has 8 heteroatoms. The largest absolute Gasteiger partial charge is 0.497 e. The van der Waals surface area contributed by atoms with Gasteiger partial charge < -0.3 is 14.1 Å². The molecule has 2 aromatic carbocycles. The van der Waals surface area contributed by atoms with Crippen LogP contribution in [0.5, 0.6) is 5.75 Å². The highest BCUT2D eigenvalue weighted by Gasteiger charge is 2.35. The molecule has 148 valence electrons. The number of nitrogens with zero attached hydrogens (tertiary/aromatic N) is 1. The van der Waals surface area contributed by atoms with Crippen molar-refractivity contribution in [1.29, 1.82) is 0 Å². The van der Waals surface area contributed by atoms with Crippen LogP contribution >= 0.6 is 0 Å². The van der Waals surface area contributed by atoms with Gasteiger partial charge in [-0.05, 0) is 42.8 Å². The third-order valence-electron chi connectivity index (χ3n) is 4.28. The molecule has 0 unspecified atom stereocenters. The number of alkyl halides is 3. The Hall–Kier alpha value is -3.03. The van der Waals surface area contributed by atoms with E-state index in [2.05, 4.69) is 0 Å². The summed E-state index contributed by atoms with van der Waals surface area (Å²) < 4.78 is 63.1. The van der Waals surface area contributed by atoms with Crippen LogP contribution in [-0.4, -0.2) is 30.6 Å². The molecule has 0 saturated heterocycles. The van der Waals surface area contributed by atoms with Gasteiger partial charge in [-0.2, -0.15) is 13.2 Å². The number of aryl methyl sites for hydroxylation is 1. The third-order valence-corrected chi connectivity index (χ3v) is 4.28. The van der Waals surface area contributed by atoms with Gasteiger partial charge in [0.1, 0.15) is 23.7 Å². The number of carbonyl (C=O) groups excluding carboxylic acids is 1. The Labute approximate surface area is 158 Å². The van der Waals surface area contributed by atoms with Crippen molar-refractivity contribution in [3.8, 4) is 5.75 Å². The van der Waals surface area contributed by atoms with Gasteiger partial charge in [0.25, 0.3) is 5.91 Å². The van der Waals surface area contributed by atoms with Crippen LogP contribution in [-0.2, 0) is 6.54 Å². The number of hydrogen-bond acceptors (Lipinski definition) is 3. The van der Waals surface area contributed by atoms with Gasteiger partial charge in [0.2, 0.25) is 0 Å². The molecule has 28 heavy (non-hydrogen) atoms. The first-order chi connectivity index (χ1) is 13.2. The van der Waals surface area contributed by atoms with Crippen molar-refractivity contribution in [1.82, 2.24) is 4.90 Å². The first-order valence-electron chi connectivity index (χ1n) is 8.35. The van der Waals surface area contributed by atoms with E-state index in [0.717, 1.165) is 6.07 Å². The van der Waals surface area contributed by atoms with Gasteiger partial charge in [-0.25, -0.2) is 4.39 Å². The van der Waals surface area contributed by atoms with E-state index in [4.69, 9.17) is 9.15 Å². The summed E-state index contributed by atoms with van der Waals surface area (Å²) in [6, 6.07) is 10.0. The van der Waals surface area contributed by atoms with Crippen LogP contribution in [0.1, 0.15) is 21.7 Å². The van der Waals surface area contributed by atoms with E-state index in [0.29, 0.717) is 27.2 Å². The lowest BCUT2D eigenvalue weighted by molar-refractivity contribution is -0.141. The Morgan fingerprint density at radius 2 is 1.82 bits per heavy atom. The summed E-state index contributed by atoms with van der Waals surface area (Å²) in [7, 11) is 1.47. The number of carbonyl (C=O) groups is 1. The molecule has 0 aliphatic rings. The minimum absolute atomic E-state index is 0.235. The quantitative estimate of drug-likeness (QED) is 0.565. The van der Waals surface area contributed by atoms with Gasteiger partial charge in [-0.3, -0.25) is 4.79 Å². The highest BCUT2D eigenvalue weighted by atomic mass is 19.4. The van der Waals surface area contributed by atoms with Gasteiger partial charge in [-0.1, -0.05) is 12.1 Å². The van der Waals surface area contributed by atoms with E-state index >= 15 is 0 Å². The predicted octanol–water partition coefficient (Wildman–Crippen LogP) is 5.09. The number of benzene rings is 2. The first kappa shape index (κ1) is 19.7. The smallest absolute Gasteiger partial charge is 0.406 e. The lowest BCUT2D eigenvalue weighted by Crippen LogP contribution is -2.38. The minimum atomic E-state index is -4.59. The van der Waals surface area contributed by atoms with E-state index < -0.39 is 24.4 Å². The van der Waals surface area contributed by atoms with Crippen LogP contribution < -0.4 is 4.74 Å². The van der Waals surface area contributed by atoms with E-state index in [-0.39, 0.29) is 17.9 Å². The predicted molar refractivity (Wildman–Crippen MR) is 94.7 cm³/mol. The van der Waals surface area contributed by atoms with Gasteiger partial charge in [0.05, 0.1) is 7.11 Å². The molecule has 0 atom stereocenters. The number of furan rings is 1. The number of ether oxygens (including phenoxy) is 1. The van der Waals surface area contributed by atoms with Crippen LogP contribution in [0.15, 0.2) is 46.9 Å². The molecule has 1 heterocycles. The van der Waals surface area contributed by atoms with Crippen LogP contribution in [0.25, 0.3) is 11.0 Å². The monoisotopic (exact) mass is 395 g/mol. The summed E-state index contributed by atoms with van der Waals surface area (Å²) >= 11 is 0. The molecule has 0 bridgehead atoms. The Balaban J connectivity index is 1.95. The average Bonchev–Trinajstić information content (AvgIpc) is 2.96. The van der Waals surface area contributed by atoms with Crippen molar-refractivity contribution in [2.75, 3.05) is 13.7 Å². The number of hydrogen-bond donors (Lipinski definition) is 0. The second kappa shape index (κ2) is 7.53. The van der Waals surface area contributed by atoms with Gasteiger partial charge in [0.15, 0.2) is 5.76 Å². The number of halogens is 4. The summed E-state index contributed by atoms with van der Waals surface area (Å²) in [4.78, 5) is 13.5. The summed E-state index contributed by atoms with van der Waals surface area (Å²) in [5, 5.41) is 0.347. The average molecular weight is 395 g/mol. The van der Waals surface area contributed by atoms with Crippen molar-refractivity contribution in [3.63, 3.8) is 0 Å². The number of fused-ring (bicyclic) bond motifs is 1. The Kier molecular flexibility index (Phi) is 5.31. The van der Waals surface area contributed by atoms with Gasteiger partial charge in [0, 0.05) is 17.5 Å². The fourth-order valence-electron chi connectivity index (χ4n) is 2.91. The maximum atomic E-state index is 13.5. The van der Waals surface area contributed by atoms with Gasteiger partial charge >= 0.3 is 6.18 Å². The Bertz CT molecular complexity index is 993. The molecule has 0 spiro atoms. The van der Waals surface area contributed by atoms with Crippen molar-refractivity contribution >= 4 is 16.9 Å². The molecule has 3 aromatic rings. The highest BCUT2D eigenvalue weighted by molar-refractivity contribution is 5.99. The number of methoxy groups -OCH3 is 1. The molecular weight excluding hydrogens is 378 g/mol. The van der Waals surface area contributed by atoms with Crippen LogP contribution in [0, 0.1) is 12.7 Å². The zero-order valence-corrected chi connectivity index (χ0v) is 15.1. The zero-order chi connectivity index (χ0) is 20.5. The van der Waals surface area contributed by atoms with Crippen molar-refractivity contribution in [2.24, 2.45) is 0 Å². The number of rotatable bonds is 5. The second-order valence-corrected chi connectivity index (χ2v) is 6.32. The topological polar surface area (TPSA) is 42.7 Å². The Morgan fingerprint density at radius 3 is 2.43 bits per heavy atom. The number of amides is 1. The van der Waals surface area contributed by atoms with Crippen LogP contribution in [0.4, 0.5) is 17.6 Å². The molecule has 0 aliphatic carbocycles. The second-order valence-electron chi connectivity index (χ2n) is 6.32. The zero-order valence-electron chi connectivity index (χ0n) is 15.1. The molecule has 4 nitrogen and oxygen atoms in total. The van der Waals surface area contributed by atoms with Crippen molar-refractivity contribution in [2.45, 2.75) is 19.6 Å². The molecule has 1 amide bonds. The summed E-state index contributed by atoms with van der Waals surface area (Å²) in [6.07, 6.45) is -4.59. The van der Waals surface area contributed by atoms with E-state index in [9.17, 15) is 22.4 Å². The van der Waals surface area contributed by atoms with E-state index in [1.807, 2.05) is 0 Å². The van der Waals surface area contributed by atoms with Crippen LogP contribution in [0.3, 0.4) is 0 Å². The SMILES string of the molecule is COc1ccc(CN(CC(F)(F)F)C(=O)c2oc3ccc(F)cc3c2C)cc1. The van der Waals surface area contributed by atoms with E-state index in [1.54, 1.807) is 24.3 Å². The molecule has 0 radical (unpaired) electrons. The fraction of sp³-hybridized carbons (Fsp3) is 0.250. The highest BCUT2D eigenvalue weighted by Crippen LogP contribution is 2.29. The summed E-state index contributed by atoms with van der Waals surface area (Å²) in [6.45, 7) is -0.201. The molecule has 0 fully saturated rings. The molecule has 1 aromatic heterocycles. The van der Waals surface area contributed by atoms with E-state index in [1.165, 1.54) is 26.2 Å². The molecule has 0 aliphatic heterocycles. The maximum Gasteiger partial charge on any atom is 0.406 e. The maximum absolute atomic E-state index is 13.5. The lowest BCUT2D eigenvalue weighted by Gasteiger charge is -2.23. The van der Waals surface area contributed by atoms with Crippen molar-refractivity contribution in [3.05, 3.63) is 65.2 Å². The standard InChI is InChI=1S/C20H17F4NO3/c1-12-16-9-14(21)5-8-17(16)28-18(12)19(26)25(11-20(22,23)24)10-13-3-6-15(27-2)7-4-13/h3-9H,10-11H2,1-2H3. The van der Waals surface area contributed by atoms with Crippen LogP contribution in [0.2, 0.25) is 0 Å². The molecule has 0 saturated carbocycles. The van der Waals surface area contributed by atoms with Crippen molar-refractivity contribution < 1.29 is 31.5 Å². The normalized spacial score (nSPS) is 11.6. The Morgan fingerprint density at radius 1 is 1.14 bits per heavy atom. The minimum Gasteiger partial charge on any atom is -0.497 e. The fourth-order valence-corrected chi connectivity index (χ4v) is 2.91. The molecular formula is C20H17F4NO3. The first-order valence-corrected chi connectivity index (χ1v) is 8.35. The summed E-state index contributed by atoms with van der Waals surface area (Å²) in [5.41, 5.74) is 1.03. The summed E-state index contributed by atoms with van der Waals surface area (Å²) in [5.74, 6) is -1.13. The third kappa shape index (κ3) is 4.27. The lowest BCUT2D eigenvalue weighted by atomic mass is 10.1. The molecule has 3 rings (SSSR count).